The van der Waals surface area contributed by atoms with Crippen LogP contribution in [0, 0.1) is 0 Å². The van der Waals surface area contributed by atoms with Gasteiger partial charge in [0.2, 0.25) is 0 Å². The number of hydrogen-bond acceptors (Lipinski definition) is 7. The molecule has 1 aliphatic heterocycles. The molecule has 0 unspecified atom stereocenters. The normalized spacial score (nSPS) is 15.2. The molecule has 0 aromatic heterocycles. The number of halogens is 3. The molecule has 12 heteroatoms. The lowest BCUT2D eigenvalue weighted by Crippen LogP contribution is -2.39. The van der Waals surface area contributed by atoms with E-state index in [2.05, 4.69) is 8.92 Å². The minimum Gasteiger partial charge on any atom is -0.465 e. The molecule has 0 bridgehead atoms. The van der Waals surface area contributed by atoms with E-state index in [9.17, 15) is 31.2 Å². The molecule has 1 amide bonds. The van der Waals surface area contributed by atoms with Gasteiger partial charge in [-0.2, -0.15) is 21.6 Å². The second kappa shape index (κ2) is 8.77. The Balaban J connectivity index is 2.36. The lowest BCUT2D eigenvalue weighted by atomic mass is 9.94. The lowest BCUT2D eigenvalue weighted by molar-refractivity contribution is -0.0500. The quantitative estimate of drug-likeness (QED) is 0.380. The fourth-order valence-corrected chi connectivity index (χ4v) is 3.16. The Kier molecular flexibility index (Phi) is 6.94. The van der Waals surface area contributed by atoms with Gasteiger partial charge in [0.15, 0.2) is 0 Å². The molecule has 1 aromatic rings. The number of benzene rings is 1. The molecule has 1 aliphatic rings. The van der Waals surface area contributed by atoms with Gasteiger partial charge in [-0.3, -0.25) is 0 Å². The van der Waals surface area contributed by atoms with Crippen molar-refractivity contribution in [3.63, 3.8) is 0 Å². The number of methoxy groups -OCH3 is 1. The predicted octanol–water partition coefficient (Wildman–Crippen LogP) is 3.73. The molecule has 0 atom stereocenters. The van der Waals surface area contributed by atoms with E-state index in [-0.39, 0.29) is 30.6 Å². The van der Waals surface area contributed by atoms with E-state index in [0.29, 0.717) is 5.57 Å². The Bertz CT molecular complexity index is 995. The minimum absolute atomic E-state index is 0.0104. The van der Waals surface area contributed by atoms with Crippen molar-refractivity contribution in [1.29, 1.82) is 0 Å². The number of carbonyl (C=O) groups is 2. The molecule has 8 nitrogen and oxygen atoms in total. The number of carbonyl (C=O) groups excluding carboxylic acids is 2. The number of esters is 1. The van der Waals surface area contributed by atoms with E-state index in [1.165, 1.54) is 4.90 Å². The third kappa shape index (κ3) is 6.12. The van der Waals surface area contributed by atoms with Crippen LogP contribution in [-0.4, -0.2) is 56.7 Å². The second-order valence-corrected chi connectivity index (χ2v) is 9.13. The van der Waals surface area contributed by atoms with Gasteiger partial charge in [-0.15, -0.1) is 0 Å². The van der Waals surface area contributed by atoms with Crippen LogP contribution in [0.2, 0.25) is 0 Å². The van der Waals surface area contributed by atoms with Gasteiger partial charge >= 0.3 is 27.7 Å². The molecule has 172 valence electrons. The Morgan fingerprint density at radius 3 is 2.26 bits per heavy atom. The molecule has 0 fully saturated rings. The molecule has 0 saturated heterocycles. The smallest absolute Gasteiger partial charge is 0.465 e. The summed E-state index contributed by atoms with van der Waals surface area (Å²) in [6.07, 6.45) is 1.29. The molecule has 0 aliphatic carbocycles. The Hall–Kier alpha value is -2.76. The fourth-order valence-electron chi connectivity index (χ4n) is 2.71. The van der Waals surface area contributed by atoms with Crippen LogP contribution in [0.3, 0.4) is 0 Å². The van der Waals surface area contributed by atoms with Crippen molar-refractivity contribution in [2.75, 3.05) is 20.2 Å². The zero-order valence-corrected chi connectivity index (χ0v) is 18.1. The maximum atomic E-state index is 12.6. The van der Waals surface area contributed by atoms with Gasteiger partial charge in [-0.05, 0) is 56.5 Å². The Labute approximate surface area is 177 Å². The van der Waals surface area contributed by atoms with Crippen LogP contribution in [0.4, 0.5) is 18.0 Å². The molecular formula is C19H22F3NO7S. The predicted molar refractivity (Wildman–Crippen MR) is 104 cm³/mol. The van der Waals surface area contributed by atoms with Crippen LogP contribution in [-0.2, 0) is 19.6 Å². The van der Waals surface area contributed by atoms with Crippen LogP contribution in [0.25, 0.3) is 5.57 Å². The van der Waals surface area contributed by atoms with Crippen molar-refractivity contribution >= 4 is 27.8 Å². The summed E-state index contributed by atoms with van der Waals surface area (Å²) >= 11 is 0. The van der Waals surface area contributed by atoms with E-state index in [1.807, 2.05) is 0 Å². The summed E-state index contributed by atoms with van der Waals surface area (Å²) in [5.41, 5.74) is -5.63. The third-order valence-corrected chi connectivity index (χ3v) is 5.07. The maximum absolute atomic E-state index is 12.6. The standard InChI is InChI=1S/C19H22F3NO7S/c1-18(2,3)29-17(25)23-9-7-12(8-10-23)15-11-13(5-6-14(15)16(24)28-4)30-31(26,27)19(20,21)22/h5-7,11H,8-10H2,1-4H3. The molecule has 31 heavy (non-hydrogen) atoms. The molecule has 0 spiro atoms. The van der Waals surface area contributed by atoms with Gasteiger partial charge in [0.1, 0.15) is 11.4 Å². The number of ether oxygens (including phenoxy) is 2. The summed E-state index contributed by atoms with van der Waals surface area (Å²) in [4.78, 5) is 25.7. The summed E-state index contributed by atoms with van der Waals surface area (Å²) in [6, 6.07) is 3.06. The van der Waals surface area contributed by atoms with Gasteiger partial charge in [0.25, 0.3) is 0 Å². The topological polar surface area (TPSA) is 99.2 Å². The van der Waals surface area contributed by atoms with E-state index >= 15 is 0 Å². The first-order chi connectivity index (χ1) is 14.1. The second-order valence-electron chi connectivity index (χ2n) is 7.59. The van der Waals surface area contributed by atoms with Crippen LogP contribution in [0.5, 0.6) is 5.75 Å². The highest BCUT2D eigenvalue weighted by Crippen LogP contribution is 2.32. The van der Waals surface area contributed by atoms with E-state index in [4.69, 9.17) is 4.74 Å². The number of nitrogens with zero attached hydrogens (tertiary/aromatic N) is 1. The molecule has 0 radical (unpaired) electrons. The first kappa shape index (κ1) is 24.5. The van der Waals surface area contributed by atoms with Crippen LogP contribution >= 0.6 is 0 Å². The van der Waals surface area contributed by atoms with Crippen molar-refractivity contribution in [3.05, 3.63) is 35.4 Å². The number of hydrogen-bond donors (Lipinski definition) is 0. The summed E-state index contributed by atoms with van der Waals surface area (Å²) in [6.45, 7) is 5.50. The highest BCUT2D eigenvalue weighted by Gasteiger charge is 2.48. The van der Waals surface area contributed by atoms with Gasteiger partial charge in [-0.1, -0.05) is 6.08 Å². The van der Waals surface area contributed by atoms with Gasteiger partial charge in [0, 0.05) is 13.1 Å². The summed E-state index contributed by atoms with van der Waals surface area (Å²) in [5, 5.41) is 0. The molecule has 1 heterocycles. The SMILES string of the molecule is COC(=O)c1ccc(OS(=O)(=O)C(F)(F)F)cc1C1=CCN(C(=O)OC(C)(C)C)CC1. The van der Waals surface area contributed by atoms with Gasteiger partial charge in [-0.25, -0.2) is 9.59 Å². The molecule has 0 N–H and O–H groups in total. The highest BCUT2D eigenvalue weighted by molar-refractivity contribution is 7.88. The fraction of sp³-hybridized carbons (Fsp3) is 0.474. The molecule has 2 rings (SSSR count). The first-order valence-corrected chi connectivity index (χ1v) is 10.5. The van der Waals surface area contributed by atoms with Crippen molar-refractivity contribution in [1.82, 2.24) is 4.90 Å². The lowest BCUT2D eigenvalue weighted by Gasteiger charge is -2.30. The van der Waals surface area contributed by atoms with Crippen LogP contribution in [0.15, 0.2) is 24.3 Å². The largest absolute Gasteiger partial charge is 0.534 e. The van der Waals surface area contributed by atoms with E-state index in [1.54, 1.807) is 26.8 Å². The highest BCUT2D eigenvalue weighted by atomic mass is 32.2. The Morgan fingerprint density at radius 2 is 1.77 bits per heavy atom. The summed E-state index contributed by atoms with van der Waals surface area (Å²) in [7, 11) is -4.75. The van der Waals surface area contributed by atoms with Crippen LogP contribution < -0.4 is 4.18 Å². The summed E-state index contributed by atoms with van der Waals surface area (Å²) in [5.74, 6) is -1.38. The van der Waals surface area contributed by atoms with Gasteiger partial charge < -0.3 is 18.6 Å². The number of rotatable bonds is 4. The van der Waals surface area contributed by atoms with Crippen molar-refractivity contribution in [2.24, 2.45) is 0 Å². The average molecular weight is 465 g/mol. The monoisotopic (exact) mass is 465 g/mol. The molecule has 1 aromatic carbocycles. The zero-order valence-electron chi connectivity index (χ0n) is 17.3. The maximum Gasteiger partial charge on any atom is 0.534 e. The zero-order chi connectivity index (χ0) is 23.6. The van der Waals surface area contributed by atoms with Crippen molar-refractivity contribution in [3.8, 4) is 5.75 Å². The van der Waals surface area contributed by atoms with Crippen molar-refractivity contribution < 1.29 is 44.8 Å². The number of amides is 1. The van der Waals surface area contributed by atoms with Gasteiger partial charge in [0.05, 0.1) is 12.7 Å². The Morgan fingerprint density at radius 1 is 1.13 bits per heavy atom. The third-order valence-electron chi connectivity index (χ3n) is 4.09. The molecule has 0 saturated carbocycles. The van der Waals surface area contributed by atoms with E-state index < -0.39 is 39.0 Å². The van der Waals surface area contributed by atoms with E-state index in [0.717, 1.165) is 25.3 Å². The van der Waals surface area contributed by atoms with Crippen molar-refractivity contribution in [2.45, 2.75) is 38.3 Å². The summed E-state index contributed by atoms with van der Waals surface area (Å²) < 4.78 is 74.6. The number of alkyl halides is 3. The van der Waals surface area contributed by atoms with Crippen LogP contribution in [0.1, 0.15) is 43.1 Å². The average Bonchev–Trinajstić information content (AvgIpc) is 2.65. The molecular weight excluding hydrogens is 443 g/mol. The minimum atomic E-state index is -5.88. The first-order valence-electron chi connectivity index (χ1n) is 9.05.